The van der Waals surface area contributed by atoms with Gasteiger partial charge in [-0.2, -0.15) is 25.3 Å². The van der Waals surface area contributed by atoms with Crippen LogP contribution in [0.3, 0.4) is 0 Å². The van der Waals surface area contributed by atoms with Gasteiger partial charge in [-0.3, -0.25) is 18.5 Å². The largest absolute Gasteiger partial charge is 0.480 e. The monoisotopic (exact) mass is 562 g/mol. The molecule has 0 heterocycles. The van der Waals surface area contributed by atoms with E-state index in [-0.39, 0.29) is 0 Å². The number of nitrogens with two attached hydrogens (primary N) is 3. The van der Waals surface area contributed by atoms with Crippen molar-refractivity contribution in [3.8, 4) is 0 Å². The number of unbranched alkanes of at least 4 members (excludes halogenated alkanes) is 2. The van der Waals surface area contributed by atoms with Crippen molar-refractivity contribution < 1.29 is 53.6 Å². The molecule has 0 radical (unpaired) electrons. The van der Waals surface area contributed by atoms with E-state index in [1.807, 2.05) is 0 Å². The molecule has 16 nitrogen and oxygen atoms in total. The van der Waals surface area contributed by atoms with Gasteiger partial charge >= 0.3 is 5.97 Å². The maximum Gasteiger partial charge on any atom is 0.326 e. The molecule has 0 aromatic heterocycles. The highest BCUT2D eigenvalue weighted by Gasteiger charge is 2.22. The lowest BCUT2D eigenvalue weighted by Crippen LogP contribution is -2.48. The number of carboxylic acids is 1. The summed E-state index contributed by atoms with van der Waals surface area (Å²) in [5.74, 6) is -1.46. The van der Waals surface area contributed by atoms with E-state index in [9.17, 15) is 34.8 Å². The molecular formula is C15H38N4O12S3. The molecular weight excluding hydrogens is 524 g/mol. The van der Waals surface area contributed by atoms with E-state index in [0.29, 0.717) is 51.1 Å². The summed E-state index contributed by atoms with van der Waals surface area (Å²) in [6, 6.07) is -1.57. The van der Waals surface area contributed by atoms with Crippen LogP contribution < -0.4 is 22.5 Å². The van der Waals surface area contributed by atoms with Crippen LogP contribution in [-0.4, -0.2) is 99.8 Å². The topological polar surface area (TPSA) is 308 Å². The van der Waals surface area contributed by atoms with Crippen LogP contribution in [0.4, 0.5) is 0 Å². The van der Waals surface area contributed by atoms with Gasteiger partial charge in [-0.1, -0.05) is 6.42 Å². The Labute approximate surface area is 200 Å². The number of hydrogen-bond acceptors (Lipinski definition) is 11. The Morgan fingerprint density at radius 2 is 1.03 bits per heavy atom. The van der Waals surface area contributed by atoms with Gasteiger partial charge in [0.05, 0.1) is 24.8 Å². The fourth-order valence-electron chi connectivity index (χ4n) is 1.67. The summed E-state index contributed by atoms with van der Waals surface area (Å²) in [6.45, 7) is 1.07. The van der Waals surface area contributed by atoms with Crippen LogP contribution in [0.5, 0.6) is 0 Å². The first kappa shape index (κ1) is 39.8. The number of carbonyl (C=O) groups excluding carboxylic acids is 1. The lowest BCUT2D eigenvalue weighted by atomic mass is 10.1. The molecule has 0 rings (SSSR count). The molecule has 0 saturated heterocycles. The third-order valence-electron chi connectivity index (χ3n) is 2.87. The Bertz CT molecular complexity index is 766. The van der Waals surface area contributed by atoms with Crippen LogP contribution in [0.1, 0.15) is 38.5 Å². The van der Waals surface area contributed by atoms with Crippen molar-refractivity contribution in [2.24, 2.45) is 17.2 Å². The third-order valence-corrected chi connectivity index (χ3v) is 2.87. The van der Waals surface area contributed by atoms with Crippen LogP contribution in [-0.2, 0) is 39.9 Å². The van der Waals surface area contributed by atoms with Gasteiger partial charge < -0.3 is 27.6 Å². The zero-order chi connectivity index (χ0) is 28.2. The maximum absolute atomic E-state index is 11.7. The number of nitrogens with one attached hydrogen (secondary N) is 1. The minimum atomic E-state index is -3.67. The van der Waals surface area contributed by atoms with Gasteiger partial charge in [-0.05, 0) is 45.2 Å². The van der Waals surface area contributed by atoms with E-state index in [1.165, 1.54) is 0 Å². The van der Waals surface area contributed by atoms with Crippen molar-refractivity contribution >= 4 is 42.2 Å². The molecule has 0 aliphatic rings. The van der Waals surface area contributed by atoms with Crippen molar-refractivity contribution in [3.05, 3.63) is 0 Å². The number of aliphatic carboxylic acids is 1. The summed E-state index contributed by atoms with van der Waals surface area (Å²) >= 11 is 0. The fourth-order valence-corrected chi connectivity index (χ4v) is 1.67. The minimum absolute atomic E-state index is 0.369. The molecule has 0 aliphatic carbocycles. The second kappa shape index (κ2) is 20.9. The Hall–Kier alpha value is -1.45. The lowest BCUT2D eigenvalue weighted by Gasteiger charge is -2.17. The van der Waals surface area contributed by atoms with Crippen molar-refractivity contribution in [2.45, 2.75) is 50.6 Å². The number of amides is 1. The molecule has 0 aromatic rings. The van der Waals surface area contributed by atoms with Gasteiger partial charge in [-0.15, -0.1) is 0 Å². The van der Waals surface area contributed by atoms with Gasteiger partial charge in [0.25, 0.3) is 30.4 Å². The molecule has 0 fully saturated rings. The zero-order valence-electron chi connectivity index (χ0n) is 19.3. The maximum atomic E-state index is 11.7. The van der Waals surface area contributed by atoms with Gasteiger partial charge in [0.1, 0.15) is 6.04 Å². The van der Waals surface area contributed by atoms with Gasteiger partial charge in [0.15, 0.2) is 0 Å². The van der Waals surface area contributed by atoms with E-state index in [2.05, 4.69) is 5.32 Å². The van der Waals surface area contributed by atoms with E-state index in [1.54, 1.807) is 0 Å². The summed E-state index contributed by atoms with van der Waals surface area (Å²) < 4.78 is 77.6. The SMILES string of the molecule is CS(=O)(=O)O.CS(=O)(=O)O.CS(=O)(=O)O.NCCCCC(N)C(=O)NC(CCCCN)C(=O)O. The molecule has 2 unspecified atom stereocenters. The molecule has 0 aliphatic heterocycles. The van der Waals surface area contributed by atoms with E-state index < -0.39 is 54.3 Å². The van der Waals surface area contributed by atoms with E-state index >= 15 is 0 Å². The van der Waals surface area contributed by atoms with Crippen molar-refractivity contribution in [3.63, 3.8) is 0 Å². The highest BCUT2D eigenvalue weighted by atomic mass is 32.2. The predicted octanol–water partition coefficient (Wildman–Crippen LogP) is -2.35. The average molecular weight is 563 g/mol. The van der Waals surface area contributed by atoms with Gasteiger partial charge in [0, 0.05) is 0 Å². The number of hydrogen-bond donors (Lipinski definition) is 8. The highest BCUT2D eigenvalue weighted by Crippen LogP contribution is 2.03. The molecule has 19 heteroatoms. The first-order chi connectivity index (χ1) is 15.0. The van der Waals surface area contributed by atoms with Crippen molar-refractivity contribution in [2.75, 3.05) is 31.9 Å². The third kappa shape index (κ3) is 63.2. The number of rotatable bonds is 11. The minimum Gasteiger partial charge on any atom is -0.480 e. The highest BCUT2D eigenvalue weighted by molar-refractivity contribution is 7.85. The fraction of sp³-hybridized carbons (Fsp3) is 0.867. The molecule has 0 saturated carbocycles. The quantitative estimate of drug-likeness (QED) is 0.0965. The van der Waals surface area contributed by atoms with E-state index in [4.69, 9.17) is 36.0 Å². The first-order valence-corrected chi connectivity index (χ1v) is 15.0. The second-order valence-corrected chi connectivity index (χ2v) is 11.2. The lowest BCUT2D eigenvalue weighted by molar-refractivity contribution is -0.142. The molecule has 0 bridgehead atoms. The standard InChI is InChI=1S/C12H26N4O3.3CH4O3S/c13-7-3-1-5-9(15)11(17)16-10(12(18)19)6-2-4-8-14;3*1-5(2,3)4/h9-10H,1-8,13-15H2,(H,16,17)(H,18,19);3*1H3,(H,2,3,4). The van der Waals surface area contributed by atoms with Crippen LogP contribution in [0, 0.1) is 0 Å². The molecule has 1 amide bonds. The Kier molecular flexibility index (Phi) is 24.4. The van der Waals surface area contributed by atoms with Crippen LogP contribution in [0.15, 0.2) is 0 Å². The summed E-state index contributed by atoms with van der Waals surface area (Å²) in [7, 11) is -11.0. The average Bonchev–Trinajstić information content (AvgIpc) is 2.56. The first-order valence-electron chi connectivity index (χ1n) is 9.49. The Balaban J connectivity index is -0.000000242. The zero-order valence-corrected chi connectivity index (χ0v) is 21.8. The summed E-state index contributed by atoms with van der Waals surface area (Å²) in [6.07, 6.45) is 5.99. The smallest absolute Gasteiger partial charge is 0.326 e. The van der Waals surface area contributed by atoms with Crippen molar-refractivity contribution in [1.82, 2.24) is 5.32 Å². The second-order valence-electron chi connectivity index (χ2n) is 6.77. The molecule has 208 valence electrons. The normalized spacial score (nSPS) is 12.9. The molecule has 0 aromatic carbocycles. The van der Waals surface area contributed by atoms with Gasteiger partial charge in [0.2, 0.25) is 5.91 Å². The Morgan fingerprint density at radius 3 is 1.29 bits per heavy atom. The molecule has 0 spiro atoms. The molecule has 11 N–H and O–H groups in total. The van der Waals surface area contributed by atoms with Crippen molar-refractivity contribution in [1.29, 1.82) is 0 Å². The van der Waals surface area contributed by atoms with Gasteiger partial charge in [-0.25, -0.2) is 4.79 Å². The summed E-state index contributed by atoms with van der Waals surface area (Å²) in [5.41, 5.74) is 16.4. The van der Waals surface area contributed by atoms with Crippen LogP contribution in [0.2, 0.25) is 0 Å². The molecule has 34 heavy (non-hydrogen) atoms. The van der Waals surface area contributed by atoms with E-state index in [0.717, 1.165) is 19.3 Å². The Morgan fingerprint density at radius 1 is 0.735 bits per heavy atom. The van der Waals surface area contributed by atoms with Crippen LogP contribution in [0.25, 0.3) is 0 Å². The predicted molar refractivity (Wildman–Crippen MR) is 126 cm³/mol. The molecule has 2 atom stereocenters. The number of carboxylic acid groups (broad SMARTS) is 1. The summed E-state index contributed by atoms with van der Waals surface area (Å²) in [5, 5.41) is 11.5. The van der Waals surface area contributed by atoms with Crippen LogP contribution >= 0.6 is 0 Å². The number of carbonyl (C=O) groups is 2. The summed E-state index contributed by atoms with van der Waals surface area (Å²) in [4.78, 5) is 22.7.